The quantitative estimate of drug-likeness (QED) is 0.871. The van der Waals surface area contributed by atoms with Crippen LogP contribution in [0.4, 0.5) is 0 Å². The number of para-hydroxylation sites is 1. The number of nitrogens with one attached hydrogen (secondary N) is 1. The Kier molecular flexibility index (Phi) is 4.39. The third-order valence-electron chi connectivity index (χ3n) is 3.53. The van der Waals surface area contributed by atoms with Crippen LogP contribution in [0.3, 0.4) is 0 Å². The predicted molar refractivity (Wildman–Crippen MR) is 77.6 cm³/mol. The van der Waals surface area contributed by atoms with Crippen molar-refractivity contribution >= 4 is 27.7 Å². The Morgan fingerprint density at radius 1 is 1.47 bits per heavy atom. The number of benzene rings is 1. The summed E-state index contributed by atoms with van der Waals surface area (Å²) in [5, 5.41) is 13.3. The summed E-state index contributed by atoms with van der Waals surface area (Å²) in [7, 11) is 0. The van der Waals surface area contributed by atoms with Crippen LogP contribution in [0.25, 0.3) is 0 Å². The first kappa shape index (κ1) is 13.2. The van der Waals surface area contributed by atoms with Crippen LogP contribution < -0.4 is 5.32 Å². The number of phenols is 1. The molecule has 1 aliphatic rings. The van der Waals surface area contributed by atoms with Gasteiger partial charge in [-0.2, -0.15) is 11.8 Å². The molecule has 0 aromatic heterocycles. The Balaban J connectivity index is 1.88. The van der Waals surface area contributed by atoms with Gasteiger partial charge in [-0.05, 0) is 41.1 Å². The molecule has 1 saturated carbocycles. The number of rotatable bonds is 5. The second-order valence-corrected chi connectivity index (χ2v) is 6.72. The summed E-state index contributed by atoms with van der Waals surface area (Å²) in [5.41, 5.74) is 0.954. The molecule has 1 aromatic carbocycles. The maximum absolute atomic E-state index is 9.86. The van der Waals surface area contributed by atoms with E-state index in [4.69, 9.17) is 0 Å². The number of hydrogen-bond donors (Lipinski definition) is 2. The van der Waals surface area contributed by atoms with Crippen molar-refractivity contribution in [2.45, 2.75) is 30.6 Å². The average molecular weight is 316 g/mol. The molecule has 1 aliphatic carbocycles. The van der Waals surface area contributed by atoms with E-state index in [2.05, 4.69) is 27.5 Å². The van der Waals surface area contributed by atoms with Crippen molar-refractivity contribution in [1.29, 1.82) is 0 Å². The van der Waals surface area contributed by atoms with Crippen LogP contribution in [-0.2, 0) is 6.54 Å². The predicted octanol–water partition coefficient (Wildman–Crippen LogP) is 3.53. The summed E-state index contributed by atoms with van der Waals surface area (Å²) in [6, 6.07) is 5.77. The summed E-state index contributed by atoms with van der Waals surface area (Å²) in [5.74, 6) is 0.354. The Morgan fingerprint density at radius 2 is 2.24 bits per heavy atom. The molecule has 94 valence electrons. The highest BCUT2D eigenvalue weighted by Gasteiger charge is 2.35. The number of thioether (sulfide) groups is 1. The number of phenolic OH excluding ortho intramolecular Hbond substituents is 1. The van der Waals surface area contributed by atoms with Gasteiger partial charge in [0.05, 0.1) is 4.47 Å². The van der Waals surface area contributed by atoms with Crippen molar-refractivity contribution in [2.24, 2.45) is 0 Å². The monoisotopic (exact) mass is 315 g/mol. The minimum Gasteiger partial charge on any atom is -0.506 e. The highest BCUT2D eigenvalue weighted by atomic mass is 79.9. The molecule has 17 heavy (non-hydrogen) atoms. The molecule has 2 N–H and O–H groups in total. The molecule has 4 heteroatoms. The topological polar surface area (TPSA) is 32.3 Å². The Bertz CT molecular complexity index is 387. The van der Waals surface area contributed by atoms with E-state index in [0.717, 1.165) is 23.1 Å². The zero-order valence-electron chi connectivity index (χ0n) is 10.0. The minimum atomic E-state index is 0.354. The molecule has 0 atom stereocenters. The van der Waals surface area contributed by atoms with E-state index < -0.39 is 0 Å². The first-order chi connectivity index (χ1) is 8.17. The molecular formula is C13H18BrNOS. The minimum absolute atomic E-state index is 0.354. The van der Waals surface area contributed by atoms with Crippen LogP contribution in [0.2, 0.25) is 0 Å². The Labute approximate surface area is 115 Å². The number of halogens is 1. The van der Waals surface area contributed by atoms with E-state index in [-0.39, 0.29) is 0 Å². The molecule has 0 heterocycles. The molecule has 0 bridgehead atoms. The molecule has 1 fully saturated rings. The van der Waals surface area contributed by atoms with Crippen molar-refractivity contribution in [3.63, 3.8) is 0 Å². The van der Waals surface area contributed by atoms with Crippen LogP contribution in [0, 0.1) is 0 Å². The normalized spacial score (nSPS) is 17.8. The SMILES string of the molecule is CSC1(CNCc2cccc(Br)c2O)CCC1. The van der Waals surface area contributed by atoms with Gasteiger partial charge in [-0.15, -0.1) is 0 Å². The number of hydrogen-bond acceptors (Lipinski definition) is 3. The lowest BCUT2D eigenvalue weighted by Crippen LogP contribution is -2.43. The second kappa shape index (κ2) is 5.63. The molecule has 0 unspecified atom stereocenters. The maximum Gasteiger partial charge on any atom is 0.134 e. The average Bonchev–Trinajstić information content (AvgIpc) is 2.28. The van der Waals surface area contributed by atoms with E-state index in [1.807, 2.05) is 30.0 Å². The molecule has 0 radical (unpaired) electrons. The smallest absolute Gasteiger partial charge is 0.134 e. The fourth-order valence-corrected chi connectivity index (χ4v) is 3.50. The molecule has 1 aromatic rings. The van der Waals surface area contributed by atoms with Crippen LogP contribution in [0.15, 0.2) is 22.7 Å². The van der Waals surface area contributed by atoms with Crippen molar-refractivity contribution in [3.8, 4) is 5.75 Å². The van der Waals surface area contributed by atoms with Crippen LogP contribution in [-0.4, -0.2) is 22.7 Å². The van der Waals surface area contributed by atoms with Gasteiger partial charge >= 0.3 is 0 Å². The van der Waals surface area contributed by atoms with Gasteiger partial charge in [-0.25, -0.2) is 0 Å². The van der Waals surface area contributed by atoms with E-state index in [0.29, 0.717) is 10.5 Å². The molecule has 2 nitrogen and oxygen atoms in total. The van der Waals surface area contributed by atoms with E-state index in [1.54, 1.807) is 0 Å². The van der Waals surface area contributed by atoms with Crippen molar-refractivity contribution in [1.82, 2.24) is 5.32 Å². The summed E-state index contributed by atoms with van der Waals surface area (Å²) < 4.78 is 1.21. The van der Waals surface area contributed by atoms with Gasteiger partial charge in [0.25, 0.3) is 0 Å². The largest absolute Gasteiger partial charge is 0.506 e. The van der Waals surface area contributed by atoms with Crippen molar-refractivity contribution < 1.29 is 5.11 Å². The van der Waals surface area contributed by atoms with E-state index >= 15 is 0 Å². The van der Waals surface area contributed by atoms with E-state index in [1.165, 1.54) is 19.3 Å². The highest BCUT2D eigenvalue weighted by molar-refractivity contribution is 9.10. The molecule has 0 aliphatic heterocycles. The van der Waals surface area contributed by atoms with Gasteiger partial charge in [-0.1, -0.05) is 18.6 Å². The summed E-state index contributed by atoms with van der Waals surface area (Å²) >= 11 is 5.30. The van der Waals surface area contributed by atoms with Gasteiger partial charge in [0.1, 0.15) is 5.75 Å². The maximum atomic E-state index is 9.86. The van der Waals surface area contributed by atoms with Gasteiger partial charge < -0.3 is 10.4 Å². The van der Waals surface area contributed by atoms with Gasteiger partial charge in [-0.3, -0.25) is 0 Å². The first-order valence-electron chi connectivity index (χ1n) is 5.89. The van der Waals surface area contributed by atoms with Crippen molar-refractivity contribution in [2.75, 3.05) is 12.8 Å². The second-order valence-electron chi connectivity index (χ2n) is 4.59. The lowest BCUT2D eigenvalue weighted by molar-refractivity contribution is 0.344. The van der Waals surface area contributed by atoms with Crippen LogP contribution in [0.1, 0.15) is 24.8 Å². The summed E-state index contributed by atoms with van der Waals surface area (Å²) in [6.45, 7) is 1.76. The summed E-state index contributed by atoms with van der Waals surface area (Å²) in [6.07, 6.45) is 6.17. The fraction of sp³-hybridized carbons (Fsp3) is 0.538. The third-order valence-corrected chi connectivity index (χ3v) is 5.59. The number of aromatic hydroxyl groups is 1. The molecule has 0 amide bonds. The van der Waals surface area contributed by atoms with Gasteiger partial charge in [0, 0.05) is 23.4 Å². The molecule has 0 saturated heterocycles. The molecule has 0 spiro atoms. The van der Waals surface area contributed by atoms with Crippen molar-refractivity contribution in [3.05, 3.63) is 28.2 Å². The van der Waals surface area contributed by atoms with Gasteiger partial charge in [0.15, 0.2) is 0 Å². The van der Waals surface area contributed by atoms with Gasteiger partial charge in [0.2, 0.25) is 0 Å². The zero-order chi connectivity index (χ0) is 12.3. The van der Waals surface area contributed by atoms with Crippen LogP contribution >= 0.6 is 27.7 Å². The third kappa shape index (κ3) is 2.98. The lowest BCUT2D eigenvalue weighted by atomic mass is 9.84. The lowest BCUT2D eigenvalue weighted by Gasteiger charge is -2.40. The standard InChI is InChI=1S/C13H18BrNOS/c1-17-13(6-3-7-13)9-15-8-10-4-2-5-11(14)12(10)16/h2,4-5,15-16H,3,6-9H2,1H3. The van der Waals surface area contributed by atoms with E-state index in [9.17, 15) is 5.11 Å². The highest BCUT2D eigenvalue weighted by Crippen LogP contribution is 2.42. The summed E-state index contributed by atoms with van der Waals surface area (Å²) in [4.78, 5) is 0. The molecular weight excluding hydrogens is 298 g/mol. The first-order valence-corrected chi connectivity index (χ1v) is 7.91. The Morgan fingerprint density at radius 3 is 2.82 bits per heavy atom. The van der Waals surface area contributed by atoms with Crippen LogP contribution in [0.5, 0.6) is 5.75 Å². The fourth-order valence-electron chi connectivity index (χ4n) is 2.15. The molecule has 2 rings (SSSR count). The Hall–Kier alpha value is -0.190. The zero-order valence-corrected chi connectivity index (χ0v) is 12.4.